The van der Waals surface area contributed by atoms with Crippen LogP contribution in [0.3, 0.4) is 0 Å². The van der Waals surface area contributed by atoms with Gasteiger partial charge in [-0.1, -0.05) is 0 Å². The minimum atomic E-state index is -0.689. The van der Waals surface area contributed by atoms with Crippen molar-refractivity contribution in [1.29, 1.82) is 0 Å². The van der Waals surface area contributed by atoms with E-state index in [4.69, 9.17) is 5.73 Å². The largest absolute Gasteiger partial charge is 0.399 e. The van der Waals surface area contributed by atoms with Gasteiger partial charge >= 0.3 is 0 Å². The van der Waals surface area contributed by atoms with Gasteiger partial charge in [-0.25, -0.2) is 0 Å². The number of hydrogen-bond donors (Lipinski definition) is 3. The molecule has 2 rings (SSSR count). The highest BCUT2D eigenvalue weighted by molar-refractivity contribution is 5.95. The lowest BCUT2D eigenvalue weighted by molar-refractivity contribution is -0.0300. The van der Waals surface area contributed by atoms with E-state index in [0.717, 1.165) is 24.8 Å². The molecule has 17 heavy (non-hydrogen) atoms. The number of anilines is 1. The average Bonchev–Trinajstić information content (AvgIpc) is 2.22. The van der Waals surface area contributed by atoms with Gasteiger partial charge in [-0.05, 0) is 49.9 Å². The van der Waals surface area contributed by atoms with Crippen LogP contribution in [-0.2, 0) is 0 Å². The predicted octanol–water partition coefficient (Wildman–Crippen LogP) is 1.22. The molecule has 1 saturated carbocycles. The summed E-state index contributed by atoms with van der Waals surface area (Å²) in [7, 11) is 0. The van der Waals surface area contributed by atoms with E-state index >= 15 is 0 Å². The van der Waals surface area contributed by atoms with Crippen LogP contribution in [0.25, 0.3) is 0 Å². The third kappa shape index (κ3) is 2.77. The van der Waals surface area contributed by atoms with Crippen molar-refractivity contribution in [1.82, 2.24) is 5.32 Å². The zero-order valence-electron chi connectivity index (χ0n) is 9.99. The number of aryl methyl sites for hydroxylation is 1. The molecule has 0 unspecified atom stereocenters. The number of amides is 1. The van der Waals surface area contributed by atoms with Crippen LogP contribution in [0.1, 0.15) is 35.2 Å². The quantitative estimate of drug-likeness (QED) is 0.688. The summed E-state index contributed by atoms with van der Waals surface area (Å²) in [6, 6.07) is 5.25. The number of benzene rings is 1. The first-order chi connectivity index (χ1) is 7.98. The number of nitrogens with two attached hydrogens (primary N) is 1. The fraction of sp³-hybridized carbons (Fsp3) is 0.462. The zero-order chi connectivity index (χ0) is 12.5. The normalized spacial score (nSPS) is 17.3. The van der Waals surface area contributed by atoms with Crippen LogP contribution in [-0.4, -0.2) is 23.2 Å². The molecule has 0 atom stereocenters. The van der Waals surface area contributed by atoms with E-state index in [2.05, 4.69) is 5.32 Å². The van der Waals surface area contributed by atoms with E-state index in [9.17, 15) is 9.90 Å². The predicted molar refractivity (Wildman–Crippen MR) is 66.7 cm³/mol. The maximum absolute atomic E-state index is 11.9. The van der Waals surface area contributed by atoms with Crippen molar-refractivity contribution in [2.24, 2.45) is 0 Å². The molecule has 1 aliphatic carbocycles. The van der Waals surface area contributed by atoms with Gasteiger partial charge in [0, 0.05) is 17.8 Å². The Labute approximate surface area is 101 Å². The van der Waals surface area contributed by atoms with E-state index in [1.54, 1.807) is 12.1 Å². The highest BCUT2D eigenvalue weighted by atomic mass is 16.3. The average molecular weight is 234 g/mol. The molecule has 1 fully saturated rings. The molecule has 0 aliphatic heterocycles. The Kier molecular flexibility index (Phi) is 3.07. The Morgan fingerprint density at radius 3 is 2.71 bits per heavy atom. The number of nitrogens with one attached hydrogen (secondary N) is 1. The summed E-state index contributed by atoms with van der Waals surface area (Å²) in [5.74, 6) is -0.180. The van der Waals surface area contributed by atoms with Crippen LogP contribution in [0.2, 0.25) is 0 Å². The van der Waals surface area contributed by atoms with Gasteiger partial charge in [0.2, 0.25) is 0 Å². The third-order valence-electron chi connectivity index (χ3n) is 3.22. The van der Waals surface area contributed by atoms with Crippen molar-refractivity contribution in [3.05, 3.63) is 29.3 Å². The van der Waals surface area contributed by atoms with Gasteiger partial charge in [-0.15, -0.1) is 0 Å². The van der Waals surface area contributed by atoms with Crippen LogP contribution in [0.4, 0.5) is 5.69 Å². The molecule has 0 saturated heterocycles. The Bertz CT molecular complexity index is 419. The summed E-state index contributed by atoms with van der Waals surface area (Å²) in [6.07, 6.45) is 2.57. The van der Waals surface area contributed by atoms with Gasteiger partial charge < -0.3 is 16.2 Å². The molecule has 0 heterocycles. The number of hydrogen-bond acceptors (Lipinski definition) is 3. The van der Waals surface area contributed by atoms with Gasteiger partial charge in [-0.2, -0.15) is 0 Å². The highest BCUT2D eigenvalue weighted by Gasteiger charge is 2.34. The number of rotatable bonds is 3. The number of aliphatic hydroxyl groups is 1. The van der Waals surface area contributed by atoms with Gasteiger partial charge in [0.05, 0.1) is 5.60 Å². The first-order valence-electron chi connectivity index (χ1n) is 5.86. The van der Waals surface area contributed by atoms with Crippen molar-refractivity contribution in [3.63, 3.8) is 0 Å². The summed E-state index contributed by atoms with van der Waals surface area (Å²) in [6.45, 7) is 2.21. The van der Waals surface area contributed by atoms with Crippen molar-refractivity contribution in [3.8, 4) is 0 Å². The molecule has 0 aromatic heterocycles. The Morgan fingerprint density at radius 2 is 2.18 bits per heavy atom. The van der Waals surface area contributed by atoms with E-state index in [-0.39, 0.29) is 5.91 Å². The summed E-state index contributed by atoms with van der Waals surface area (Å²) in [5, 5.41) is 12.6. The van der Waals surface area contributed by atoms with Gasteiger partial charge in [0.15, 0.2) is 0 Å². The van der Waals surface area contributed by atoms with Crippen molar-refractivity contribution in [2.75, 3.05) is 12.3 Å². The molecule has 4 heteroatoms. The zero-order valence-corrected chi connectivity index (χ0v) is 9.99. The van der Waals surface area contributed by atoms with Crippen molar-refractivity contribution < 1.29 is 9.90 Å². The second kappa shape index (κ2) is 4.37. The summed E-state index contributed by atoms with van der Waals surface area (Å²) in [4.78, 5) is 11.9. The number of carbonyl (C=O) groups is 1. The van der Waals surface area contributed by atoms with E-state index in [1.807, 2.05) is 13.0 Å². The SMILES string of the molecule is Cc1cc(N)cc(C(=O)NCC2(O)CCC2)c1. The monoisotopic (exact) mass is 234 g/mol. The highest BCUT2D eigenvalue weighted by Crippen LogP contribution is 2.30. The summed E-state index contributed by atoms with van der Waals surface area (Å²) < 4.78 is 0. The van der Waals surface area contributed by atoms with Gasteiger partial charge in [0.25, 0.3) is 5.91 Å². The molecular formula is C13H18N2O2. The molecule has 0 bridgehead atoms. The van der Waals surface area contributed by atoms with Crippen LogP contribution >= 0.6 is 0 Å². The molecule has 4 nitrogen and oxygen atoms in total. The third-order valence-corrected chi connectivity index (χ3v) is 3.22. The van der Waals surface area contributed by atoms with E-state index < -0.39 is 5.60 Å². The molecule has 0 spiro atoms. The summed E-state index contributed by atoms with van der Waals surface area (Å²) in [5.41, 5.74) is 7.08. The lowest BCUT2D eigenvalue weighted by Crippen LogP contribution is -2.47. The maximum Gasteiger partial charge on any atom is 0.251 e. The molecule has 92 valence electrons. The van der Waals surface area contributed by atoms with Crippen molar-refractivity contribution in [2.45, 2.75) is 31.8 Å². The standard InChI is InChI=1S/C13H18N2O2/c1-9-5-10(7-11(14)6-9)12(16)15-8-13(17)3-2-4-13/h5-7,17H,2-4,8,14H2,1H3,(H,15,16). The van der Waals surface area contributed by atoms with Crippen LogP contribution < -0.4 is 11.1 Å². The van der Waals surface area contributed by atoms with E-state index in [1.165, 1.54) is 0 Å². The fourth-order valence-corrected chi connectivity index (χ4v) is 2.05. The number of nitrogen functional groups attached to an aromatic ring is 1. The molecule has 1 aromatic rings. The first kappa shape index (κ1) is 11.9. The number of carbonyl (C=O) groups excluding carboxylic acids is 1. The first-order valence-corrected chi connectivity index (χ1v) is 5.86. The lowest BCUT2D eigenvalue weighted by Gasteiger charge is -2.36. The summed E-state index contributed by atoms with van der Waals surface area (Å²) >= 11 is 0. The van der Waals surface area contributed by atoms with E-state index in [0.29, 0.717) is 17.8 Å². The molecule has 0 radical (unpaired) electrons. The van der Waals surface area contributed by atoms with Gasteiger partial charge in [-0.3, -0.25) is 4.79 Å². The Hall–Kier alpha value is -1.55. The topological polar surface area (TPSA) is 75.4 Å². The van der Waals surface area contributed by atoms with Gasteiger partial charge in [0.1, 0.15) is 0 Å². The Morgan fingerprint density at radius 1 is 1.47 bits per heavy atom. The van der Waals surface area contributed by atoms with Crippen molar-refractivity contribution >= 4 is 11.6 Å². The Balaban J connectivity index is 1.99. The fourth-order valence-electron chi connectivity index (χ4n) is 2.05. The minimum absolute atomic E-state index is 0.180. The van der Waals surface area contributed by atoms with Crippen LogP contribution in [0.5, 0.6) is 0 Å². The minimum Gasteiger partial charge on any atom is -0.399 e. The van der Waals surface area contributed by atoms with Crippen LogP contribution in [0.15, 0.2) is 18.2 Å². The molecule has 4 N–H and O–H groups in total. The smallest absolute Gasteiger partial charge is 0.251 e. The second-order valence-corrected chi connectivity index (χ2v) is 4.89. The maximum atomic E-state index is 11.9. The van der Waals surface area contributed by atoms with Crippen LogP contribution in [0, 0.1) is 6.92 Å². The second-order valence-electron chi connectivity index (χ2n) is 4.89. The molecule has 1 amide bonds. The molecule has 1 aromatic carbocycles. The lowest BCUT2D eigenvalue weighted by atomic mass is 9.80. The molecule has 1 aliphatic rings. The molecular weight excluding hydrogens is 216 g/mol.